The molecule has 0 bridgehead atoms. The molecule has 2 aliphatic rings. The Balaban J connectivity index is 1.54. The Morgan fingerprint density at radius 1 is 1.29 bits per heavy atom. The first-order chi connectivity index (χ1) is 13.6. The van der Waals surface area contributed by atoms with Gasteiger partial charge in [0.1, 0.15) is 11.6 Å². The first-order valence-corrected chi connectivity index (χ1v) is 10.1. The van der Waals surface area contributed by atoms with Crippen molar-refractivity contribution in [3.8, 4) is 0 Å². The Hall–Kier alpha value is -2.54. The first kappa shape index (κ1) is 18.8. The van der Waals surface area contributed by atoms with Gasteiger partial charge in [-0.15, -0.1) is 0 Å². The summed E-state index contributed by atoms with van der Waals surface area (Å²) in [5.41, 5.74) is 2.95. The lowest BCUT2D eigenvalue weighted by Crippen LogP contribution is -2.38. The molecule has 0 radical (unpaired) electrons. The van der Waals surface area contributed by atoms with Crippen molar-refractivity contribution in [3.05, 3.63) is 47.2 Å². The van der Waals surface area contributed by atoms with Crippen LogP contribution in [0.4, 0.5) is 5.82 Å². The maximum Gasteiger partial charge on any atom is 0.228 e. The summed E-state index contributed by atoms with van der Waals surface area (Å²) in [5.74, 6) is 2.29. The molecule has 7 nitrogen and oxygen atoms in total. The number of nitrogens with zero attached hydrogens (tertiary/aromatic N) is 5. The molecule has 28 heavy (non-hydrogen) atoms. The standard InChI is InChI=1S/C21H28N6O/c1-22-21-17-8-11-27(19(28)12-16-7-3-4-9-23-16)14-18(17)24-20(25-21)15-6-5-10-26(2)13-15/h3-4,7,9,15H,5-6,8,10-14H2,1-2H3,(H,22,24,25). The van der Waals surface area contributed by atoms with Gasteiger partial charge in [0, 0.05) is 43.5 Å². The topological polar surface area (TPSA) is 74.2 Å². The Labute approximate surface area is 166 Å². The molecule has 0 aromatic carbocycles. The number of nitrogens with one attached hydrogen (secondary N) is 1. The number of rotatable bonds is 4. The number of anilines is 1. The summed E-state index contributed by atoms with van der Waals surface area (Å²) in [7, 11) is 4.07. The molecule has 7 heteroatoms. The zero-order chi connectivity index (χ0) is 19.5. The molecule has 2 aromatic heterocycles. The van der Waals surface area contributed by atoms with Gasteiger partial charge >= 0.3 is 0 Å². The lowest BCUT2D eigenvalue weighted by molar-refractivity contribution is -0.131. The predicted octanol–water partition coefficient (Wildman–Crippen LogP) is 1.85. The van der Waals surface area contributed by atoms with Crippen molar-refractivity contribution in [3.63, 3.8) is 0 Å². The Bertz CT molecular complexity index is 840. The van der Waals surface area contributed by atoms with Crippen molar-refractivity contribution in [1.29, 1.82) is 0 Å². The Morgan fingerprint density at radius 3 is 2.93 bits per heavy atom. The molecule has 1 fully saturated rings. The molecule has 0 aliphatic carbocycles. The van der Waals surface area contributed by atoms with Crippen molar-refractivity contribution < 1.29 is 4.79 Å². The smallest absolute Gasteiger partial charge is 0.228 e. The molecule has 4 rings (SSSR count). The zero-order valence-corrected chi connectivity index (χ0v) is 16.7. The third kappa shape index (κ3) is 3.99. The number of likely N-dealkylation sites (tertiary alicyclic amines) is 1. The number of hydrogen-bond acceptors (Lipinski definition) is 6. The van der Waals surface area contributed by atoms with Crippen LogP contribution in [0.15, 0.2) is 24.4 Å². The van der Waals surface area contributed by atoms with E-state index in [1.165, 1.54) is 6.42 Å². The number of fused-ring (bicyclic) bond motifs is 1. The van der Waals surface area contributed by atoms with E-state index in [1.807, 2.05) is 30.1 Å². The van der Waals surface area contributed by atoms with E-state index in [4.69, 9.17) is 9.97 Å². The summed E-state index contributed by atoms with van der Waals surface area (Å²) in [4.78, 5) is 31.1. The van der Waals surface area contributed by atoms with Gasteiger partial charge in [0.05, 0.1) is 18.7 Å². The van der Waals surface area contributed by atoms with Gasteiger partial charge in [0.15, 0.2) is 0 Å². The number of carbonyl (C=O) groups is 1. The van der Waals surface area contributed by atoms with Gasteiger partial charge in [-0.2, -0.15) is 0 Å². The molecule has 2 aliphatic heterocycles. The van der Waals surface area contributed by atoms with Gasteiger partial charge in [0.25, 0.3) is 0 Å². The molecule has 4 heterocycles. The van der Waals surface area contributed by atoms with Crippen LogP contribution in [0, 0.1) is 0 Å². The highest BCUT2D eigenvalue weighted by atomic mass is 16.2. The van der Waals surface area contributed by atoms with E-state index in [1.54, 1.807) is 6.20 Å². The highest BCUT2D eigenvalue weighted by molar-refractivity contribution is 5.78. The van der Waals surface area contributed by atoms with Crippen LogP contribution in [0.25, 0.3) is 0 Å². The summed E-state index contributed by atoms with van der Waals surface area (Å²) in [6, 6.07) is 5.68. The Kier molecular flexibility index (Phi) is 5.52. The fourth-order valence-electron chi connectivity index (χ4n) is 4.20. The SMILES string of the molecule is CNc1nc(C2CCCN(C)C2)nc2c1CCN(C(=O)Cc1ccccn1)C2. The van der Waals surface area contributed by atoms with E-state index < -0.39 is 0 Å². The van der Waals surface area contributed by atoms with E-state index in [2.05, 4.69) is 22.2 Å². The van der Waals surface area contributed by atoms with E-state index in [0.717, 1.165) is 54.5 Å². The van der Waals surface area contributed by atoms with Crippen LogP contribution in [-0.4, -0.2) is 64.4 Å². The molecule has 1 unspecified atom stereocenters. The van der Waals surface area contributed by atoms with Crippen LogP contribution in [0.5, 0.6) is 0 Å². The number of amides is 1. The highest BCUT2D eigenvalue weighted by Crippen LogP contribution is 2.29. The van der Waals surface area contributed by atoms with Crippen LogP contribution in [0.1, 0.15) is 41.5 Å². The predicted molar refractivity (Wildman–Crippen MR) is 108 cm³/mol. The van der Waals surface area contributed by atoms with E-state index in [-0.39, 0.29) is 5.91 Å². The maximum absolute atomic E-state index is 12.8. The van der Waals surface area contributed by atoms with Gasteiger partial charge in [-0.3, -0.25) is 9.78 Å². The van der Waals surface area contributed by atoms with Gasteiger partial charge in [-0.1, -0.05) is 6.07 Å². The first-order valence-electron chi connectivity index (χ1n) is 10.1. The van der Waals surface area contributed by atoms with E-state index in [0.29, 0.717) is 25.4 Å². The molecular formula is C21H28N6O. The third-order valence-corrected chi connectivity index (χ3v) is 5.72. The van der Waals surface area contributed by atoms with Crippen LogP contribution in [0.3, 0.4) is 0 Å². The van der Waals surface area contributed by atoms with Crippen molar-refractivity contribution in [2.45, 2.75) is 38.1 Å². The van der Waals surface area contributed by atoms with Crippen LogP contribution in [-0.2, 0) is 24.2 Å². The minimum atomic E-state index is 0.105. The average Bonchev–Trinajstić information content (AvgIpc) is 2.73. The average molecular weight is 380 g/mol. The fraction of sp³-hybridized carbons (Fsp3) is 0.524. The zero-order valence-electron chi connectivity index (χ0n) is 16.7. The molecule has 0 saturated carbocycles. The lowest BCUT2D eigenvalue weighted by Gasteiger charge is -2.32. The van der Waals surface area contributed by atoms with Gasteiger partial charge in [-0.25, -0.2) is 9.97 Å². The molecule has 0 spiro atoms. The second-order valence-corrected chi connectivity index (χ2v) is 7.77. The van der Waals surface area contributed by atoms with Gasteiger partial charge in [0.2, 0.25) is 5.91 Å². The van der Waals surface area contributed by atoms with Crippen molar-refractivity contribution in [1.82, 2.24) is 24.8 Å². The van der Waals surface area contributed by atoms with Gasteiger partial charge < -0.3 is 15.1 Å². The maximum atomic E-state index is 12.8. The summed E-state index contributed by atoms with van der Waals surface area (Å²) >= 11 is 0. The van der Waals surface area contributed by atoms with Crippen molar-refractivity contribution in [2.24, 2.45) is 0 Å². The fourth-order valence-corrected chi connectivity index (χ4v) is 4.20. The number of hydrogen-bond donors (Lipinski definition) is 1. The summed E-state index contributed by atoms with van der Waals surface area (Å²) in [5, 5.41) is 3.25. The number of carbonyl (C=O) groups excluding carboxylic acids is 1. The number of aromatic nitrogens is 3. The van der Waals surface area contributed by atoms with Gasteiger partial charge in [-0.05, 0) is 45.0 Å². The molecule has 2 aromatic rings. The molecule has 1 saturated heterocycles. The molecule has 148 valence electrons. The number of pyridine rings is 1. The highest BCUT2D eigenvalue weighted by Gasteiger charge is 2.28. The summed E-state index contributed by atoms with van der Waals surface area (Å²) < 4.78 is 0. The molecule has 1 N–H and O–H groups in total. The monoisotopic (exact) mass is 380 g/mol. The molecule has 1 atom stereocenters. The summed E-state index contributed by atoms with van der Waals surface area (Å²) in [6.07, 6.45) is 5.14. The minimum Gasteiger partial charge on any atom is -0.373 e. The van der Waals surface area contributed by atoms with Crippen LogP contribution >= 0.6 is 0 Å². The second-order valence-electron chi connectivity index (χ2n) is 7.77. The Morgan fingerprint density at radius 2 is 2.18 bits per heavy atom. The molecular weight excluding hydrogens is 352 g/mol. The minimum absolute atomic E-state index is 0.105. The normalized spacial score (nSPS) is 19.9. The van der Waals surface area contributed by atoms with E-state index in [9.17, 15) is 4.79 Å². The van der Waals surface area contributed by atoms with Crippen LogP contribution < -0.4 is 5.32 Å². The second kappa shape index (κ2) is 8.22. The molecule has 1 amide bonds. The summed E-state index contributed by atoms with van der Waals surface area (Å²) in [6.45, 7) is 3.37. The number of piperidine rings is 1. The van der Waals surface area contributed by atoms with E-state index >= 15 is 0 Å². The largest absolute Gasteiger partial charge is 0.373 e. The van der Waals surface area contributed by atoms with Crippen LogP contribution in [0.2, 0.25) is 0 Å². The van der Waals surface area contributed by atoms with Crippen molar-refractivity contribution in [2.75, 3.05) is 39.0 Å². The van der Waals surface area contributed by atoms with Crippen molar-refractivity contribution >= 4 is 11.7 Å². The number of likely N-dealkylation sites (N-methyl/N-ethyl adjacent to an activating group) is 1. The third-order valence-electron chi connectivity index (χ3n) is 5.72. The quantitative estimate of drug-likeness (QED) is 0.873. The lowest BCUT2D eigenvalue weighted by atomic mass is 9.96.